The van der Waals surface area contributed by atoms with Crippen LogP contribution in [0.1, 0.15) is 176 Å². The van der Waals surface area contributed by atoms with Crippen molar-refractivity contribution in [2.45, 2.75) is 196 Å². The normalized spacial score (nSPS) is 26.2. The molecule has 0 bridgehead atoms. The van der Waals surface area contributed by atoms with Gasteiger partial charge in [-0.05, 0) is 151 Å². The van der Waals surface area contributed by atoms with Crippen LogP contribution in [-0.4, -0.2) is 16.6 Å². The number of hydrogen-bond acceptors (Lipinski definition) is 2. The maximum atomic E-state index is 6.84. The largest absolute Gasteiger partial charge is 0.325 e. The van der Waals surface area contributed by atoms with Crippen molar-refractivity contribution in [2.24, 2.45) is 28.9 Å². The molecule has 1 heterocycles. The van der Waals surface area contributed by atoms with Crippen molar-refractivity contribution >= 4 is 0 Å². The number of piperidine rings is 1. The SMILES string of the molecule is C=C(CC(CC(C)CC)CC(C)(N)CC)C(C)(CCc1cc(C)c(C)c(C(C)(C)C)c1)C(=C)CC1CC(C)(CC)NC(C)(CC)C1. The van der Waals surface area contributed by atoms with Crippen LogP contribution in [-0.2, 0) is 11.8 Å². The zero-order valence-electron chi connectivity index (χ0n) is 33.4. The molecule has 2 nitrogen and oxygen atoms in total. The van der Waals surface area contributed by atoms with Crippen LogP contribution in [0.15, 0.2) is 36.4 Å². The predicted molar refractivity (Wildman–Crippen MR) is 207 cm³/mol. The summed E-state index contributed by atoms with van der Waals surface area (Å²) in [4.78, 5) is 0. The van der Waals surface area contributed by atoms with E-state index in [1.807, 2.05) is 0 Å². The molecule has 0 amide bonds. The van der Waals surface area contributed by atoms with Gasteiger partial charge in [-0.15, -0.1) is 0 Å². The molecule has 1 aromatic rings. The first-order valence-corrected chi connectivity index (χ1v) is 19.1. The molecule has 3 N–H and O–H groups in total. The average Bonchev–Trinajstić information content (AvgIpc) is 2.95. The van der Waals surface area contributed by atoms with Gasteiger partial charge in [0.2, 0.25) is 0 Å². The molecule has 46 heavy (non-hydrogen) atoms. The van der Waals surface area contributed by atoms with Crippen molar-refractivity contribution in [3.05, 3.63) is 58.7 Å². The van der Waals surface area contributed by atoms with Crippen molar-refractivity contribution in [1.82, 2.24) is 5.32 Å². The lowest BCUT2D eigenvalue weighted by Crippen LogP contribution is -2.60. The predicted octanol–water partition coefficient (Wildman–Crippen LogP) is 12.3. The van der Waals surface area contributed by atoms with Crippen molar-refractivity contribution in [3.63, 3.8) is 0 Å². The summed E-state index contributed by atoms with van der Waals surface area (Å²) in [6.45, 7) is 42.8. The molecule has 1 fully saturated rings. The van der Waals surface area contributed by atoms with Gasteiger partial charge in [0.1, 0.15) is 0 Å². The highest BCUT2D eigenvalue weighted by Crippen LogP contribution is 2.48. The Morgan fingerprint density at radius 3 is 2.00 bits per heavy atom. The Kier molecular flexibility index (Phi) is 14.1. The van der Waals surface area contributed by atoms with Gasteiger partial charge in [0, 0.05) is 22.0 Å². The van der Waals surface area contributed by atoms with Crippen LogP contribution in [0.25, 0.3) is 0 Å². The summed E-state index contributed by atoms with van der Waals surface area (Å²) in [7, 11) is 0. The molecule has 6 unspecified atom stereocenters. The minimum Gasteiger partial charge on any atom is -0.325 e. The fraction of sp³-hybridized carbons (Fsp3) is 0.773. The van der Waals surface area contributed by atoms with Gasteiger partial charge < -0.3 is 11.1 Å². The zero-order chi connectivity index (χ0) is 35.3. The number of nitrogens with one attached hydrogen (secondary N) is 1. The van der Waals surface area contributed by atoms with E-state index in [4.69, 9.17) is 18.9 Å². The Morgan fingerprint density at radius 2 is 1.52 bits per heavy atom. The molecule has 1 aliphatic rings. The Balaban J connectivity index is 2.50. The van der Waals surface area contributed by atoms with Gasteiger partial charge in [-0.3, -0.25) is 0 Å². The van der Waals surface area contributed by atoms with Gasteiger partial charge >= 0.3 is 0 Å². The molecule has 1 aliphatic heterocycles. The molecule has 264 valence electrons. The van der Waals surface area contributed by atoms with E-state index in [2.05, 4.69) is 114 Å². The minimum atomic E-state index is -0.140. The summed E-state index contributed by atoms with van der Waals surface area (Å²) in [6, 6.07) is 4.93. The van der Waals surface area contributed by atoms with Gasteiger partial charge in [0.25, 0.3) is 0 Å². The fourth-order valence-corrected chi connectivity index (χ4v) is 8.57. The molecule has 0 spiro atoms. The van der Waals surface area contributed by atoms with E-state index in [1.54, 1.807) is 0 Å². The van der Waals surface area contributed by atoms with Crippen molar-refractivity contribution in [3.8, 4) is 0 Å². The molecule has 1 aromatic carbocycles. The van der Waals surface area contributed by atoms with Crippen molar-refractivity contribution in [1.29, 1.82) is 0 Å². The number of benzene rings is 1. The van der Waals surface area contributed by atoms with Crippen LogP contribution >= 0.6 is 0 Å². The zero-order valence-corrected chi connectivity index (χ0v) is 33.4. The molecule has 0 aliphatic carbocycles. The van der Waals surface area contributed by atoms with Gasteiger partial charge in [0.15, 0.2) is 0 Å². The quantitative estimate of drug-likeness (QED) is 0.167. The number of nitrogens with two attached hydrogens (primary N) is 1. The molecular weight excluding hydrogens is 556 g/mol. The summed E-state index contributed by atoms with van der Waals surface area (Å²) in [6.07, 6.45) is 13.5. The molecular formula is C44H78N2. The Hall–Kier alpha value is -1.38. The highest BCUT2D eigenvalue weighted by Gasteiger charge is 2.43. The third-order valence-electron chi connectivity index (χ3n) is 12.7. The van der Waals surface area contributed by atoms with Crippen LogP contribution in [0, 0.1) is 37.0 Å². The highest BCUT2D eigenvalue weighted by molar-refractivity contribution is 5.42. The first-order valence-electron chi connectivity index (χ1n) is 19.1. The number of hydrogen-bond donors (Lipinski definition) is 2. The lowest BCUT2D eigenvalue weighted by molar-refractivity contribution is 0.0955. The van der Waals surface area contributed by atoms with E-state index in [9.17, 15) is 0 Å². The Morgan fingerprint density at radius 1 is 0.957 bits per heavy atom. The van der Waals surface area contributed by atoms with E-state index < -0.39 is 0 Å². The lowest BCUT2D eigenvalue weighted by Gasteiger charge is -2.50. The molecule has 1 saturated heterocycles. The standard InChI is InChI=1S/C44H78N2/c1-17-31(5)23-37(28-41(13,45)18-2)25-33(7)44(16,22-21-36-24-32(6)35(9)39(27-36)40(10,11)12)34(8)26-38-29-42(14,19-3)46-43(15,20-4)30-38/h24,27,31,37-38,46H,7-8,17-23,25-26,28-30,45H2,1-6,9-16H3. The molecule has 0 radical (unpaired) electrons. The maximum Gasteiger partial charge on any atom is 0.0158 e. The third kappa shape index (κ3) is 10.8. The van der Waals surface area contributed by atoms with Gasteiger partial charge in [-0.1, -0.05) is 105 Å². The second-order valence-corrected chi connectivity index (χ2v) is 18.3. The first kappa shape index (κ1) is 40.8. The summed E-state index contributed by atoms with van der Waals surface area (Å²) in [5, 5.41) is 4.06. The third-order valence-corrected chi connectivity index (χ3v) is 12.7. The summed E-state index contributed by atoms with van der Waals surface area (Å²) in [5.74, 6) is 1.87. The molecule has 2 heteroatoms. The molecule has 2 rings (SSSR count). The van der Waals surface area contributed by atoms with Crippen LogP contribution in [0.4, 0.5) is 0 Å². The number of allylic oxidation sites excluding steroid dienone is 2. The highest BCUT2D eigenvalue weighted by atomic mass is 15.1. The summed E-state index contributed by atoms with van der Waals surface area (Å²) >= 11 is 0. The summed E-state index contributed by atoms with van der Waals surface area (Å²) in [5.41, 5.74) is 15.6. The maximum absolute atomic E-state index is 6.84. The molecule has 0 aromatic heterocycles. The van der Waals surface area contributed by atoms with E-state index in [0.29, 0.717) is 17.8 Å². The van der Waals surface area contributed by atoms with E-state index in [1.165, 1.54) is 59.1 Å². The second kappa shape index (κ2) is 15.9. The van der Waals surface area contributed by atoms with E-state index in [-0.39, 0.29) is 27.4 Å². The second-order valence-electron chi connectivity index (χ2n) is 18.3. The average molecular weight is 635 g/mol. The summed E-state index contributed by atoms with van der Waals surface area (Å²) < 4.78 is 0. The van der Waals surface area contributed by atoms with Crippen molar-refractivity contribution < 1.29 is 0 Å². The van der Waals surface area contributed by atoms with Crippen molar-refractivity contribution in [2.75, 3.05) is 0 Å². The Bertz CT molecular complexity index is 1130. The Labute approximate surface area is 288 Å². The van der Waals surface area contributed by atoms with E-state index in [0.717, 1.165) is 51.4 Å². The number of aryl methyl sites for hydroxylation is 2. The van der Waals surface area contributed by atoms with Crippen LogP contribution < -0.4 is 11.1 Å². The first-order chi connectivity index (χ1) is 21.1. The number of rotatable bonds is 17. The smallest absolute Gasteiger partial charge is 0.0158 e. The van der Waals surface area contributed by atoms with Gasteiger partial charge in [0.05, 0.1) is 0 Å². The van der Waals surface area contributed by atoms with Crippen LogP contribution in [0.3, 0.4) is 0 Å². The van der Waals surface area contributed by atoms with Crippen LogP contribution in [0.5, 0.6) is 0 Å². The van der Waals surface area contributed by atoms with Gasteiger partial charge in [-0.25, -0.2) is 0 Å². The topological polar surface area (TPSA) is 38.0 Å². The fourth-order valence-electron chi connectivity index (χ4n) is 8.57. The molecule has 6 atom stereocenters. The minimum absolute atomic E-state index is 0.123. The van der Waals surface area contributed by atoms with Gasteiger partial charge in [-0.2, -0.15) is 0 Å². The lowest BCUT2D eigenvalue weighted by atomic mass is 9.64. The monoisotopic (exact) mass is 635 g/mol. The van der Waals surface area contributed by atoms with Crippen LogP contribution in [0.2, 0.25) is 0 Å². The van der Waals surface area contributed by atoms with E-state index >= 15 is 0 Å². The molecule has 0 saturated carbocycles.